The number of methoxy groups -OCH3 is 1. The molecule has 0 aromatic heterocycles. The minimum Gasteiger partial charge on any atom is -0.493 e. The van der Waals surface area contributed by atoms with E-state index in [4.69, 9.17) is 9.47 Å². The fourth-order valence-corrected chi connectivity index (χ4v) is 3.41. The van der Waals surface area contributed by atoms with Gasteiger partial charge in [0.25, 0.3) is 0 Å². The predicted molar refractivity (Wildman–Crippen MR) is 128 cm³/mol. The zero-order chi connectivity index (χ0) is 23.6. The highest BCUT2D eigenvalue weighted by molar-refractivity contribution is 5.82. The first kappa shape index (κ1) is 23.9. The van der Waals surface area contributed by atoms with Gasteiger partial charge in [0.2, 0.25) is 11.8 Å². The fraction of sp³-hybridized carbons (Fsp3) is 0.259. The highest BCUT2D eigenvalue weighted by atomic mass is 16.5. The van der Waals surface area contributed by atoms with Crippen LogP contribution in [0.4, 0.5) is 0 Å². The first-order chi connectivity index (χ1) is 15.9. The number of ether oxygens (including phenoxy) is 2. The second kappa shape index (κ2) is 11.7. The first-order valence-corrected chi connectivity index (χ1v) is 11.0. The van der Waals surface area contributed by atoms with Crippen molar-refractivity contribution in [1.29, 1.82) is 0 Å². The van der Waals surface area contributed by atoms with Gasteiger partial charge < -0.3 is 20.1 Å². The molecular weight excluding hydrogens is 416 g/mol. The van der Waals surface area contributed by atoms with E-state index in [0.29, 0.717) is 17.1 Å². The molecule has 6 nitrogen and oxygen atoms in total. The van der Waals surface area contributed by atoms with Gasteiger partial charge in [-0.2, -0.15) is 0 Å². The summed E-state index contributed by atoms with van der Waals surface area (Å²) in [7, 11) is 1.57. The van der Waals surface area contributed by atoms with E-state index in [1.54, 1.807) is 19.2 Å². The molecule has 172 valence electrons. The molecule has 0 aliphatic carbocycles. The minimum absolute atomic E-state index is 0.0621. The van der Waals surface area contributed by atoms with Crippen molar-refractivity contribution in [3.8, 4) is 11.5 Å². The molecule has 2 N–H and O–H groups in total. The number of hydrogen-bond donors (Lipinski definition) is 2. The Labute approximate surface area is 194 Å². The Morgan fingerprint density at radius 1 is 0.758 bits per heavy atom. The van der Waals surface area contributed by atoms with E-state index in [0.717, 1.165) is 11.1 Å². The van der Waals surface area contributed by atoms with Crippen molar-refractivity contribution in [3.63, 3.8) is 0 Å². The maximum Gasteiger partial charge on any atom is 0.226 e. The third-order valence-electron chi connectivity index (χ3n) is 4.91. The number of rotatable bonds is 10. The SMILES string of the molecule is COc1ccc(C(NC(=O)Cc2ccccc2)NC(=O)Cc2ccccc2)cc1OC(C)C. The van der Waals surface area contributed by atoms with Crippen molar-refractivity contribution in [2.45, 2.75) is 39.0 Å². The van der Waals surface area contributed by atoms with Gasteiger partial charge >= 0.3 is 0 Å². The summed E-state index contributed by atoms with van der Waals surface area (Å²) in [5.74, 6) is 0.726. The van der Waals surface area contributed by atoms with Gasteiger partial charge in [-0.1, -0.05) is 66.7 Å². The fourth-order valence-electron chi connectivity index (χ4n) is 3.41. The summed E-state index contributed by atoms with van der Waals surface area (Å²) >= 11 is 0. The van der Waals surface area contributed by atoms with Crippen molar-refractivity contribution in [1.82, 2.24) is 10.6 Å². The molecule has 33 heavy (non-hydrogen) atoms. The predicted octanol–water partition coefficient (Wildman–Crippen LogP) is 4.20. The highest BCUT2D eigenvalue weighted by Gasteiger charge is 2.20. The van der Waals surface area contributed by atoms with Crippen LogP contribution in [0.3, 0.4) is 0 Å². The van der Waals surface area contributed by atoms with E-state index >= 15 is 0 Å². The first-order valence-electron chi connectivity index (χ1n) is 11.0. The van der Waals surface area contributed by atoms with Gasteiger partial charge in [-0.3, -0.25) is 9.59 Å². The standard InChI is InChI=1S/C27H30N2O4/c1-19(2)33-24-18-22(14-15-23(24)32-3)27(28-25(30)16-20-10-6-4-7-11-20)29-26(31)17-21-12-8-5-9-13-21/h4-15,18-19,27H,16-17H2,1-3H3,(H,28,30)(H,29,31). The molecule has 0 heterocycles. The van der Waals surface area contributed by atoms with Crippen LogP contribution >= 0.6 is 0 Å². The van der Waals surface area contributed by atoms with E-state index in [9.17, 15) is 9.59 Å². The normalized spacial score (nSPS) is 10.7. The molecule has 3 rings (SSSR count). The second-order valence-corrected chi connectivity index (χ2v) is 7.97. The molecule has 0 saturated carbocycles. The molecule has 0 unspecified atom stereocenters. The van der Waals surface area contributed by atoms with E-state index < -0.39 is 6.17 Å². The number of benzene rings is 3. The lowest BCUT2D eigenvalue weighted by molar-refractivity contribution is -0.123. The van der Waals surface area contributed by atoms with Crippen molar-refractivity contribution in [3.05, 3.63) is 95.6 Å². The van der Waals surface area contributed by atoms with Gasteiger partial charge in [0, 0.05) is 0 Å². The third-order valence-corrected chi connectivity index (χ3v) is 4.91. The Balaban J connectivity index is 1.82. The van der Waals surface area contributed by atoms with E-state index in [2.05, 4.69) is 10.6 Å². The summed E-state index contributed by atoms with van der Waals surface area (Å²) in [5, 5.41) is 5.90. The third kappa shape index (κ3) is 7.38. The van der Waals surface area contributed by atoms with Crippen LogP contribution < -0.4 is 20.1 Å². The van der Waals surface area contributed by atoms with Crippen LogP contribution in [0.2, 0.25) is 0 Å². The lowest BCUT2D eigenvalue weighted by atomic mass is 10.1. The Morgan fingerprint density at radius 2 is 1.27 bits per heavy atom. The molecule has 2 amide bonds. The van der Waals surface area contributed by atoms with Crippen molar-refractivity contribution in [2.75, 3.05) is 7.11 Å². The molecule has 0 atom stereocenters. The van der Waals surface area contributed by atoms with Crippen LogP contribution in [0.15, 0.2) is 78.9 Å². The van der Waals surface area contributed by atoms with Crippen molar-refractivity contribution in [2.24, 2.45) is 0 Å². The van der Waals surface area contributed by atoms with Crippen LogP contribution in [0, 0.1) is 0 Å². The molecule has 0 bridgehead atoms. The zero-order valence-electron chi connectivity index (χ0n) is 19.2. The Bertz CT molecular complexity index is 997. The Kier molecular flexibility index (Phi) is 8.47. The molecule has 0 spiro atoms. The maximum absolute atomic E-state index is 12.8. The molecule has 0 aliphatic rings. The van der Waals surface area contributed by atoms with Gasteiger partial charge in [-0.25, -0.2) is 0 Å². The van der Waals surface area contributed by atoms with Gasteiger partial charge in [0.1, 0.15) is 6.17 Å². The molecule has 3 aromatic rings. The summed E-state index contributed by atoms with van der Waals surface area (Å²) < 4.78 is 11.3. The average molecular weight is 447 g/mol. The van der Waals surface area contributed by atoms with Gasteiger partial charge in [-0.15, -0.1) is 0 Å². The summed E-state index contributed by atoms with van der Waals surface area (Å²) in [6.07, 6.45) is -0.375. The molecule has 0 fully saturated rings. The van der Waals surface area contributed by atoms with Crippen molar-refractivity contribution >= 4 is 11.8 Å². The number of nitrogens with one attached hydrogen (secondary N) is 2. The highest BCUT2D eigenvalue weighted by Crippen LogP contribution is 2.31. The Hall–Kier alpha value is -3.80. The number of amides is 2. The molecule has 0 aliphatic heterocycles. The topological polar surface area (TPSA) is 76.7 Å². The maximum atomic E-state index is 12.8. The quantitative estimate of drug-likeness (QED) is 0.458. The smallest absolute Gasteiger partial charge is 0.226 e. The van der Waals surface area contributed by atoms with Crippen LogP contribution in [0.25, 0.3) is 0 Å². The summed E-state index contributed by atoms with van der Waals surface area (Å²) in [4.78, 5) is 25.6. The van der Waals surface area contributed by atoms with E-state index in [1.807, 2.05) is 80.6 Å². The van der Waals surface area contributed by atoms with Crippen LogP contribution in [-0.4, -0.2) is 25.0 Å². The lowest BCUT2D eigenvalue weighted by Gasteiger charge is -2.23. The van der Waals surface area contributed by atoms with Crippen LogP contribution in [0.5, 0.6) is 11.5 Å². The minimum atomic E-state index is -0.724. The molecule has 3 aromatic carbocycles. The molecular formula is C27H30N2O4. The summed E-state index contributed by atoms with van der Waals surface area (Å²) in [6.45, 7) is 3.85. The number of carbonyl (C=O) groups is 2. The average Bonchev–Trinajstić information content (AvgIpc) is 2.79. The lowest BCUT2D eigenvalue weighted by Crippen LogP contribution is -2.42. The summed E-state index contributed by atoms with van der Waals surface area (Å²) in [5.41, 5.74) is 2.47. The van der Waals surface area contributed by atoms with E-state index in [1.165, 1.54) is 0 Å². The second-order valence-electron chi connectivity index (χ2n) is 7.97. The Morgan fingerprint density at radius 3 is 1.73 bits per heavy atom. The number of hydrogen-bond acceptors (Lipinski definition) is 4. The molecule has 0 saturated heterocycles. The molecule has 6 heteroatoms. The van der Waals surface area contributed by atoms with E-state index in [-0.39, 0.29) is 30.8 Å². The zero-order valence-corrected chi connectivity index (χ0v) is 19.2. The summed E-state index contributed by atoms with van der Waals surface area (Å²) in [6, 6.07) is 24.3. The van der Waals surface area contributed by atoms with Gasteiger partial charge in [-0.05, 0) is 42.7 Å². The number of carbonyl (C=O) groups excluding carboxylic acids is 2. The largest absolute Gasteiger partial charge is 0.493 e. The van der Waals surface area contributed by atoms with Crippen LogP contribution in [-0.2, 0) is 22.4 Å². The van der Waals surface area contributed by atoms with Crippen LogP contribution in [0.1, 0.15) is 36.7 Å². The van der Waals surface area contributed by atoms with Gasteiger partial charge in [0.05, 0.1) is 26.1 Å². The monoisotopic (exact) mass is 446 g/mol. The molecule has 0 radical (unpaired) electrons. The van der Waals surface area contributed by atoms with Gasteiger partial charge in [0.15, 0.2) is 11.5 Å². The van der Waals surface area contributed by atoms with Crippen molar-refractivity contribution < 1.29 is 19.1 Å².